The van der Waals surface area contributed by atoms with E-state index in [2.05, 4.69) is 5.10 Å². The summed E-state index contributed by atoms with van der Waals surface area (Å²) in [6.07, 6.45) is 0. The van der Waals surface area contributed by atoms with Gasteiger partial charge in [-0.25, -0.2) is 0 Å². The molecule has 0 aliphatic heterocycles. The Morgan fingerprint density at radius 1 is 1.23 bits per heavy atom. The minimum Gasteiger partial charge on any atom is -0.497 e. The topological polar surface area (TPSA) is 44.1 Å². The minimum absolute atomic E-state index is 0.461. The second kappa shape index (κ2) is 5.81. The number of benzene rings is 2. The van der Waals surface area contributed by atoms with E-state index in [9.17, 15) is 4.79 Å². The number of hydrogen-bond donors (Lipinski definition) is 0. The third kappa shape index (κ3) is 2.70. The zero-order chi connectivity index (χ0) is 15.7. The average molecular weight is 315 g/mol. The van der Waals surface area contributed by atoms with Crippen LogP contribution < -0.4 is 4.74 Å². The van der Waals surface area contributed by atoms with E-state index in [1.54, 1.807) is 19.2 Å². The van der Waals surface area contributed by atoms with Crippen molar-refractivity contribution < 1.29 is 9.53 Å². The first-order valence-electron chi connectivity index (χ1n) is 6.88. The molecule has 112 valence electrons. The molecule has 2 aromatic carbocycles. The van der Waals surface area contributed by atoms with Crippen LogP contribution in [0.2, 0.25) is 0 Å². The van der Waals surface area contributed by atoms with Gasteiger partial charge in [-0.3, -0.25) is 9.48 Å². The second-order valence-electron chi connectivity index (χ2n) is 5.10. The molecule has 22 heavy (non-hydrogen) atoms. The molecule has 0 unspecified atom stereocenters. The van der Waals surface area contributed by atoms with Crippen LogP contribution in [0.25, 0.3) is 10.9 Å². The number of ether oxygens (including phenoxy) is 1. The van der Waals surface area contributed by atoms with Gasteiger partial charge in [0.2, 0.25) is 0 Å². The van der Waals surface area contributed by atoms with Gasteiger partial charge in [-0.1, -0.05) is 18.2 Å². The van der Waals surface area contributed by atoms with Crippen molar-refractivity contribution in [2.24, 2.45) is 0 Å². The first kappa shape index (κ1) is 14.6. The zero-order valence-electron chi connectivity index (χ0n) is 12.3. The van der Waals surface area contributed by atoms with Gasteiger partial charge in [0.25, 0.3) is 5.24 Å². The summed E-state index contributed by atoms with van der Waals surface area (Å²) in [6.45, 7) is 2.57. The van der Waals surface area contributed by atoms with Gasteiger partial charge in [0.05, 0.1) is 24.9 Å². The summed E-state index contributed by atoms with van der Waals surface area (Å²) in [6, 6.07) is 13.2. The van der Waals surface area contributed by atoms with Crippen LogP contribution in [0.5, 0.6) is 5.75 Å². The summed E-state index contributed by atoms with van der Waals surface area (Å²) < 4.78 is 7.05. The van der Waals surface area contributed by atoms with Crippen molar-refractivity contribution in [3.63, 3.8) is 0 Å². The number of carbonyl (C=O) groups is 1. The van der Waals surface area contributed by atoms with E-state index in [0.717, 1.165) is 27.9 Å². The monoisotopic (exact) mass is 314 g/mol. The third-order valence-electron chi connectivity index (χ3n) is 3.65. The van der Waals surface area contributed by atoms with Crippen molar-refractivity contribution in [3.8, 4) is 5.75 Å². The summed E-state index contributed by atoms with van der Waals surface area (Å²) in [7, 11) is 1.64. The zero-order valence-corrected chi connectivity index (χ0v) is 13.1. The number of halogens is 1. The molecule has 5 heteroatoms. The van der Waals surface area contributed by atoms with Crippen molar-refractivity contribution >= 4 is 27.7 Å². The highest BCUT2D eigenvalue weighted by Gasteiger charge is 2.11. The van der Waals surface area contributed by atoms with Gasteiger partial charge < -0.3 is 4.74 Å². The highest BCUT2D eigenvalue weighted by atomic mass is 35.5. The second-order valence-corrected chi connectivity index (χ2v) is 5.44. The van der Waals surface area contributed by atoms with E-state index < -0.39 is 5.24 Å². The number of nitrogens with zero attached hydrogens (tertiary/aromatic N) is 2. The SMILES string of the molecule is COc1ccc(Cn2nc(C)c3ccc(C(=O)Cl)cc32)cc1. The van der Waals surface area contributed by atoms with Crippen molar-refractivity contribution in [1.82, 2.24) is 9.78 Å². The van der Waals surface area contributed by atoms with Crippen molar-refractivity contribution in [2.75, 3.05) is 7.11 Å². The Morgan fingerprint density at radius 3 is 2.59 bits per heavy atom. The van der Waals surface area contributed by atoms with E-state index >= 15 is 0 Å². The largest absolute Gasteiger partial charge is 0.497 e. The van der Waals surface area contributed by atoms with Crippen LogP contribution in [0.1, 0.15) is 21.6 Å². The summed E-state index contributed by atoms with van der Waals surface area (Å²) in [4.78, 5) is 11.4. The Labute approximate surface area is 133 Å². The predicted octanol–water partition coefficient (Wildman–Crippen LogP) is 3.78. The highest BCUT2D eigenvalue weighted by Crippen LogP contribution is 2.22. The molecule has 0 bridgehead atoms. The van der Waals surface area contributed by atoms with Gasteiger partial charge in [-0.15, -0.1) is 0 Å². The van der Waals surface area contributed by atoms with Crippen LogP contribution in [0.15, 0.2) is 42.5 Å². The van der Waals surface area contributed by atoms with Crippen LogP contribution in [-0.2, 0) is 6.54 Å². The lowest BCUT2D eigenvalue weighted by Gasteiger charge is -2.06. The molecular formula is C17H15ClN2O2. The molecular weight excluding hydrogens is 300 g/mol. The van der Waals surface area contributed by atoms with Gasteiger partial charge in [0, 0.05) is 10.9 Å². The summed E-state index contributed by atoms with van der Waals surface area (Å²) >= 11 is 5.57. The molecule has 1 heterocycles. The fourth-order valence-corrected chi connectivity index (χ4v) is 2.60. The normalized spacial score (nSPS) is 10.9. The highest BCUT2D eigenvalue weighted by molar-refractivity contribution is 6.67. The van der Waals surface area contributed by atoms with Crippen LogP contribution in [0, 0.1) is 6.92 Å². The molecule has 1 aromatic heterocycles. The summed E-state index contributed by atoms with van der Waals surface area (Å²) in [5.41, 5.74) is 3.41. The van der Waals surface area contributed by atoms with Gasteiger partial charge in [-0.2, -0.15) is 5.10 Å². The molecule has 0 aliphatic rings. The summed E-state index contributed by atoms with van der Waals surface area (Å²) in [5.74, 6) is 0.820. The Morgan fingerprint density at radius 2 is 1.95 bits per heavy atom. The van der Waals surface area contributed by atoms with Crippen LogP contribution >= 0.6 is 11.6 Å². The molecule has 0 amide bonds. The smallest absolute Gasteiger partial charge is 0.252 e. The van der Waals surface area contributed by atoms with E-state index in [1.165, 1.54) is 0 Å². The number of aromatic nitrogens is 2. The van der Waals surface area contributed by atoms with Crippen molar-refractivity contribution in [1.29, 1.82) is 0 Å². The lowest BCUT2D eigenvalue weighted by Crippen LogP contribution is -2.02. The number of fused-ring (bicyclic) bond motifs is 1. The lowest BCUT2D eigenvalue weighted by molar-refractivity contribution is 0.108. The molecule has 3 rings (SSSR count). The Bertz CT molecular complexity index is 838. The van der Waals surface area contributed by atoms with Gasteiger partial charge in [0.15, 0.2) is 0 Å². The van der Waals surface area contributed by atoms with Gasteiger partial charge >= 0.3 is 0 Å². The van der Waals surface area contributed by atoms with Crippen LogP contribution in [0.3, 0.4) is 0 Å². The quantitative estimate of drug-likeness (QED) is 0.688. The molecule has 0 saturated heterocycles. The molecule has 0 aliphatic carbocycles. The standard InChI is InChI=1S/C17H15ClN2O2/c1-11-15-8-5-13(17(18)21)9-16(15)20(19-11)10-12-3-6-14(22-2)7-4-12/h3-9H,10H2,1-2H3. The fourth-order valence-electron chi connectivity index (χ4n) is 2.49. The predicted molar refractivity (Wildman–Crippen MR) is 86.7 cm³/mol. The summed E-state index contributed by atoms with van der Waals surface area (Å²) in [5, 5.41) is 5.12. The Hall–Kier alpha value is -2.33. The molecule has 3 aromatic rings. The minimum atomic E-state index is -0.461. The number of rotatable bonds is 4. The molecule has 0 radical (unpaired) electrons. The molecule has 0 spiro atoms. The Balaban J connectivity index is 2.01. The van der Waals surface area contributed by atoms with Crippen molar-refractivity contribution in [2.45, 2.75) is 13.5 Å². The third-order valence-corrected chi connectivity index (χ3v) is 3.87. The van der Waals surface area contributed by atoms with Gasteiger partial charge in [0.1, 0.15) is 5.75 Å². The fraction of sp³-hybridized carbons (Fsp3) is 0.176. The number of hydrogen-bond acceptors (Lipinski definition) is 3. The number of aryl methyl sites for hydroxylation is 1. The number of carbonyl (C=O) groups excluding carboxylic acids is 1. The maximum Gasteiger partial charge on any atom is 0.252 e. The molecule has 0 atom stereocenters. The Kier molecular flexibility index (Phi) is 3.86. The van der Waals surface area contributed by atoms with E-state index in [1.807, 2.05) is 41.9 Å². The molecule has 0 fully saturated rings. The molecule has 0 saturated carbocycles. The molecule has 0 N–H and O–H groups in total. The van der Waals surface area contributed by atoms with E-state index in [-0.39, 0.29) is 0 Å². The average Bonchev–Trinajstić information content (AvgIpc) is 2.84. The van der Waals surface area contributed by atoms with Crippen LogP contribution in [-0.4, -0.2) is 22.1 Å². The van der Waals surface area contributed by atoms with E-state index in [0.29, 0.717) is 12.1 Å². The van der Waals surface area contributed by atoms with E-state index in [4.69, 9.17) is 16.3 Å². The maximum atomic E-state index is 11.4. The molecule has 4 nitrogen and oxygen atoms in total. The lowest BCUT2D eigenvalue weighted by atomic mass is 10.1. The van der Waals surface area contributed by atoms with Crippen molar-refractivity contribution in [3.05, 3.63) is 59.3 Å². The number of methoxy groups -OCH3 is 1. The maximum absolute atomic E-state index is 11.4. The van der Waals surface area contributed by atoms with Crippen LogP contribution in [0.4, 0.5) is 0 Å². The first-order valence-corrected chi connectivity index (χ1v) is 7.26. The first-order chi connectivity index (χ1) is 10.6. The van der Waals surface area contributed by atoms with Gasteiger partial charge in [-0.05, 0) is 48.4 Å².